The molecule has 0 aromatic carbocycles. The predicted octanol–water partition coefficient (Wildman–Crippen LogP) is 0.346. The first-order valence-corrected chi connectivity index (χ1v) is 10.6. The van der Waals surface area contributed by atoms with Crippen molar-refractivity contribution in [3.63, 3.8) is 0 Å². The fourth-order valence-electron chi connectivity index (χ4n) is 3.29. The molecule has 0 spiro atoms. The van der Waals surface area contributed by atoms with Crippen molar-refractivity contribution in [2.24, 2.45) is 0 Å². The number of aromatic nitrogens is 4. The fraction of sp³-hybridized carbons (Fsp3) is 0.368. The number of carbonyl (C=O) groups excluding carboxylic acids is 2. The van der Waals surface area contributed by atoms with E-state index in [1.54, 1.807) is 24.5 Å². The van der Waals surface area contributed by atoms with Crippen molar-refractivity contribution in [2.75, 3.05) is 61.1 Å². The van der Waals surface area contributed by atoms with Gasteiger partial charge >= 0.3 is 0 Å². The number of anilines is 3. The average Bonchev–Trinajstić information content (AvgIpc) is 3.11. The molecule has 2 amide bonds. The van der Waals surface area contributed by atoms with Crippen molar-refractivity contribution in [3.05, 3.63) is 35.4 Å². The standard InChI is InChI=1S/C19H22N8O3S/c1-25(6-7-28)16-9-13(8-15-17(29)24-19(30)31-15)22-18(23-16)27-4-2-26(3-5-27)14-10-20-12-21-11-14/h8-12,28H,2-7H2,1H3,(H,24,29,30)/b15-8+. The molecule has 2 N–H and O–H groups in total. The highest BCUT2D eigenvalue weighted by Gasteiger charge is 2.26. The number of likely N-dealkylation sites (N-methyl/N-ethyl adjacent to an activating group) is 1. The molecule has 2 saturated heterocycles. The minimum atomic E-state index is -0.431. The Morgan fingerprint density at radius 2 is 1.87 bits per heavy atom. The van der Waals surface area contributed by atoms with E-state index >= 15 is 0 Å². The molecule has 2 aromatic heterocycles. The number of hydrogen-bond acceptors (Lipinski definition) is 11. The summed E-state index contributed by atoms with van der Waals surface area (Å²) in [5.41, 5.74) is 1.50. The third-order valence-electron chi connectivity index (χ3n) is 4.94. The first kappa shape index (κ1) is 21.0. The van der Waals surface area contributed by atoms with Gasteiger partial charge in [-0.25, -0.2) is 15.0 Å². The average molecular weight is 443 g/mol. The van der Waals surface area contributed by atoms with Crippen molar-refractivity contribution in [2.45, 2.75) is 0 Å². The molecule has 11 nitrogen and oxygen atoms in total. The molecule has 2 aliphatic heterocycles. The van der Waals surface area contributed by atoms with Crippen LogP contribution in [-0.2, 0) is 4.79 Å². The number of aliphatic hydroxyl groups excluding tert-OH is 1. The van der Waals surface area contributed by atoms with Gasteiger partial charge in [0, 0.05) is 45.8 Å². The molecule has 31 heavy (non-hydrogen) atoms. The third-order valence-corrected chi connectivity index (χ3v) is 5.75. The van der Waals surface area contributed by atoms with E-state index in [-0.39, 0.29) is 6.61 Å². The Labute approximate surface area is 183 Å². The number of carbonyl (C=O) groups is 2. The Balaban J connectivity index is 1.58. The van der Waals surface area contributed by atoms with Crippen LogP contribution in [0.2, 0.25) is 0 Å². The lowest BCUT2D eigenvalue weighted by atomic mass is 10.3. The second kappa shape index (κ2) is 9.27. The van der Waals surface area contributed by atoms with Crippen molar-refractivity contribution >= 4 is 46.4 Å². The number of thioether (sulfide) groups is 1. The molecule has 0 bridgehead atoms. The minimum absolute atomic E-state index is 0.0170. The molecule has 162 valence electrons. The number of rotatable bonds is 6. The minimum Gasteiger partial charge on any atom is -0.395 e. The molecule has 2 aromatic rings. The zero-order chi connectivity index (χ0) is 21.8. The Kier molecular flexibility index (Phi) is 6.28. The normalized spacial score (nSPS) is 17.9. The van der Waals surface area contributed by atoms with Gasteiger partial charge in [0.05, 0.1) is 35.3 Å². The Morgan fingerprint density at radius 1 is 1.16 bits per heavy atom. The van der Waals surface area contributed by atoms with Crippen LogP contribution in [0.1, 0.15) is 5.69 Å². The summed E-state index contributed by atoms with van der Waals surface area (Å²) in [5.74, 6) is 0.728. The molecule has 0 atom stereocenters. The van der Waals surface area contributed by atoms with Gasteiger partial charge < -0.3 is 19.8 Å². The molecular formula is C19H22N8O3S. The van der Waals surface area contributed by atoms with E-state index in [9.17, 15) is 14.7 Å². The summed E-state index contributed by atoms with van der Waals surface area (Å²) < 4.78 is 0. The maximum atomic E-state index is 11.9. The zero-order valence-electron chi connectivity index (χ0n) is 16.9. The highest BCUT2D eigenvalue weighted by atomic mass is 32.2. The van der Waals surface area contributed by atoms with Gasteiger partial charge in [0.2, 0.25) is 5.95 Å². The van der Waals surface area contributed by atoms with Crippen molar-refractivity contribution in [1.82, 2.24) is 25.3 Å². The van der Waals surface area contributed by atoms with E-state index in [1.165, 1.54) is 6.33 Å². The Morgan fingerprint density at radius 3 is 2.52 bits per heavy atom. The maximum absolute atomic E-state index is 11.9. The van der Waals surface area contributed by atoms with Gasteiger partial charge in [-0.05, 0) is 17.8 Å². The van der Waals surface area contributed by atoms with Gasteiger partial charge in [-0.3, -0.25) is 14.9 Å². The summed E-state index contributed by atoms with van der Waals surface area (Å²) in [6.45, 7) is 3.31. The Bertz CT molecular complexity index is 995. The van der Waals surface area contributed by atoms with Crippen LogP contribution in [0.5, 0.6) is 0 Å². The molecule has 2 fully saturated rings. The van der Waals surface area contributed by atoms with E-state index in [0.717, 1.165) is 30.5 Å². The molecule has 12 heteroatoms. The van der Waals surface area contributed by atoms with Gasteiger partial charge in [0.1, 0.15) is 12.1 Å². The van der Waals surface area contributed by atoms with E-state index < -0.39 is 11.1 Å². The lowest BCUT2D eigenvalue weighted by Crippen LogP contribution is -2.47. The van der Waals surface area contributed by atoms with Gasteiger partial charge in [0.15, 0.2) is 0 Å². The molecule has 4 heterocycles. The van der Waals surface area contributed by atoms with Crippen LogP contribution in [0.4, 0.5) is 22.2 Å². The fourth-order valence-corrected chi connectivity index (χ4v) is 3.96. The number of nitrogens with zero attached hydrogens (tertiary/aromatic N) is 7. The highest BCUT2D eigenvalue weighted by Crippen LogP contribution is 2.27. The summed E-state index contributed by atoms with van der Waals surface area (Å²) in [4.78, 5) is 47.2. The monoisotopic (exact) mass is 442 g/mol. The topological polar surface area (TPSA) is 128 Å². The number of hydrogen-bond donors (Lipinski definition) is 2. The van der Waals surface area contributed by atoms with Crippen LogP contribution >= 0.6 is 11.8 Å². The number of amides is 2. The second-order valence-electron chi connectivity index (χ2n) is 7.02. The molecule has 0 saturated carbocycles. The Hall–Kier alpha value is -3.25. The van der Waals surface area contributed by atoms with Crippen LogP contribution in [0.3, 0.4) is 0 Å². The molecule has 2 aliphatic rings. The van der Waals surface area contributed by atoms with Crippen LogP contribution in [-0.4, -0.2) is 82.6 Å². The summed E-state index contributed by atoms with van der Waals surface area (Å²) >= 11 is 0.848. The summed E-state index contributed by atoms with van der Waals surface area (Å²) in [6, 6.07) is 1.74. The molecule has 0 radical (unpaired) electrons. The quantitative estimate of drug-likeness (QED) is 0.601. The first-order chi connectivity index (χ1) is 15.0. The first-order valence-electron chi connectivity index (χ1n) is 9.74. The number of imide groups is 1. The van der Waals surface area contributed by atoms with Gasteiger partial charge in [-0.1, -0.05) is 0 Å². The lowest BCUT2D eigenvalue weighted by Gasteiger charge is -2.36. The van der Waals surface area contributed by atoms with Crippen LogP contribution < -0.4 is 20.0 Å². The molecular weight excluding hydrogens is 420 g/mol. The summed E-state index contributed by atoms with van der Waals surface area (Å²) in [6.07, 6.45) is 6.68. The lowest BCUT2D eigenvalue weighted by molar-refractivity contribution is -0.115. The molecule has 4 rings (SSSR count). The molecule has 0 unspecified atom stereocenters. The smallest absolute Gasteiger partial charge is 0.290 e. The van der Waals surface area contributed by atoms with Crippen LogP contribution in [0, 0.1) is 0 Å². The van der Waals surface area contributed by atoms with Crippen LogP contribution in [0.25, 0.3) is 6.08 Å². The zero-order valence-corrected chi connectivity index (χ0v) is 17.7. The van der Waals surface area contributed by atoms with Crippen LogP contribution in [0.15, 0.2) is 29.7 Å². The molecule has 0 aliphatic carbocycles. The van der Waals surface area contributed by atoms with Crippen molar-refractivity contribution in [3.8, 4) is 0 Å². The number of aliphatic hydroxyl groups is 1. The van der Waals surface area contributed by atoms with E-state index in [1.807, 2.05) is 11.9 Å². The second-order valence-corrected chi connectivity index (χ2v) is 8.03. The van der Waals surface area contributed by atoms with E-state index in [0.29, 0.717) is 42.0 Å². The van der Waals surface area contributed by atoms with E-state index in [4.69, 9.17) is 0 Å². The van der Waals surface area contributed by atoms with E-state index in [2.05, 4.69) is 35.1 Å². The van der Waals surface area contributed by atoms with Crippen molar-refractivity contribution in [1.29, 1.82) is 0 Å². The number of nitrogens with one attached hydrogen (secondary N) is 1. The van der Waals surface area contributed by atoms with Gasteiger partial charge in [0.25, 0.3) is 11.1 Å². The maximum Gasteiger partial charge on any atom is 0.290 e. The highest BCUT2D eigenvalue weighted by molar-refractivity contribution is 8.18. The number of piperazine rings is 1. The van der Waals surface area contributed by atoms with Gasteiger partial charge in [-0.15, -0.1) is 0 Å². The summed E-state index contributed by atoms with van der Waals surface area (Å²) in [7, 11) is 1.83. The third kappa shape index (κ3) is 4.91. The van der Waals surface area contributed by atoms with Crippen molar-refractivity contribution < 1.29 is 14.7 Å². The summed E-state index contributed by atoms with van der Waals surface area (Å²) in [5, 5.41) is 11.1. The SMILES string of the molecule is CN(CCO)c1cc(/C=C2/SC(=O)NC2=O)nc(N2CCN(c3cncnc3)CC2)n1. The largest absolute Gasteiger partial charge is 0.395 e. The van der Waals surface area contributed by atoms with Gasteiger partial charge in [-0.2, -0.15) is 4.98 Å². The predicted molar refractivity (Wildman–Crippen MR) is 118 cm³/mol.